The molecule has 126 valence electrons. The first-order chi connectivity index (χ1) is 10.5. The zero-order chi connectivity index (χ0) is 15.9. The summed E-state index contributed by atoms with van der Waals surface area (Å²) < 4.78 is 0. The van der Waals surface area contributed by atoms with Crippen molar-refractivity contribution in [2.45, 2.75) is 38.3 Å². The molecule has 2 saturated heterocycles. The number of nitrogens with one attached hydrogen (secondary N) is 1. The van der Waals surface area contributed by atoms with Crippen LogP contribution in [0.5, 0.6) is 0 Å². The molecule has 1 amide bonds. The van der Waals surface area contributed by atoms with Gasteiger partial charge in [-0.3, -0.25) is 14.9 Å². The van der Waals surface area contributed by atoms with Crippen LogP contribution >= 0.6 is 12.4 Å². The van der Waals surface area contributed by atoms with Gasteiger partial charge in [0.05, 0.1) is 10.5 Å². The van der Waals surface area contributed by atoms with Gasteiger partial charge in [-0.25, -0.2) is 0 Å². The van der Waals surface area contributed by atoms with Crippen LogP contribution in [0, 0.1) is 17.0 Å². The van der Waals surface area contributed by atoms with Crippen molar-refractivity contribution in [1.82, 2.24) is 10.2 Å². The van der Waals surface area contributed by atoms with E-state index in [0.717, 1.165) is 19.3 Å². The average molecular weight is 341 g/mol. The number of amides is 1. The maximum Gasteiger partial charge on any atom is 0.293 e. The number of nitrogen functional groups attached to an aromatic ring is 1. The molecule has 2 unspecified atom stereocenters. The fourth-order valence-electron chi connectivity index (χ4n) is 3.40. The molecule has 7 nitrogen and oxygen atoms in total. The number of benzene rings is 1. The summed E-state index contributed by atoms with van der Waals surface area (Å²) in [5.74, 6) is -0.210. The minimum Gasteiger partial charge on any atom is -0.393 e. The normalized spacial score (nSPS) is 23.1. The molecule has 0 saturated carbocycles. The predicted molar refractivity (Wildman–Crippen MR) is 90.0 cm³/mol. The van der Waals surface area contributed by atoms with Gasteiger partial charge in [0, 0.05) is 31.2 Å². The summed E-state index contributed by atoms with van der Waals surface area (Å²) in [7, 11) is 0. The second-order valence-corrected chi connectivity index (χ2v) is 6.18. The van der Waals surface area contributed by atoms with Crippen molar-refractivity contribution in [3.63, 3.8) is 0 Å². The molecule has 2 fully saturated rings. The SMILES string of the molecule is Cc1cc(C(=O)N2CCC3CCC(C2)N3)c(N)c([N+](=O)[O-])c1.Cl. The molecule has 2 aliphatic rings. The van der Waals surface area contributed by atoms with Gasteiger partial charge in [0.2, 0.25) is 0 Å². The largest absolute Gasteiger partial charge is 0.393 e. The molecule has 1 aromatic rings. The summed E-state index contributed by atoms with van der Waals surface area (Å²) in [6.45, 7) is 3.03. The molecule has 2 heterocycles. The first-order valence-corrected chi connectivity index (χ1v) is 7.55. The van der Waals surface area contributed by atoms with Crippen molar-refractivity contribution in [1.29, 1.82) is 0 Å². The van der Waals surface area contributed by atoms with Gasteiger partial charge in [-0.05, 0) is 37.8 Å². The Morgan fingerprint density at radius 3 is 2.74 bits per heavy atom. The number of nitrogens with two attached hydrogens (primary N) is 1. The number of hydrogen-bond acceptors (Lipinski definition) is 5. The number of carbonyl (C=O) groups is 1. The summed E-state index contributed by atoms with van der Waals surface area (Å²) in [5.41, 5.74) is 6.54. The molecule has 2 atom stereocenters. The third-order valence-corrected chi connectivity index (χ3v) is 4.54. The second-order valence-electron chi connectivity index (χ2n) is 6.18. The minimum atomic E-state index is -0.537. The highest BCUT2D eigenvalue weighted by molar-refractivity contribution is 6.01. The molecule has 3 rings (SSSR count). The van der Waals surface area contributed by atoms with Crippen LogP contribution in [0.3, 0.4) is 0 Å². The number of carbonyl (C=O) groups excluding carboxylic acids is 1. The molecule has 23 heavy (non-hydrogen) atoms. The number of rotatable bonds is 2. The van der Waals surface area contributed by atoms with Crippen molar-refractivity contribution < 1.29 is 9.72 Å². The number of likely N-dealkylation sites (tertiary alicyclic amines) is 1. The van der Waals surface area contributed by atoms with Crippen LogP contribution in [-0.2, 0) is 0 Å². The average Bonchev–Trinajstić information content (AvgIpc) is 2.79. The lowest BCUT2D eigenvalue weighted by molar-refractivity contribution is -0.384. The zero-order valence-corrected chi connectivity index (χ0v) is 13.8. The number of nitro groups is 1. The summed E-state index contributed by atoms with van der Waals surface area (Å²) in [4.78, 5) is 25.1. The maximum absolute atomic E-state index is 12.8. The fraction of sp³-hybridized carbons (Fsp3) is 0.533. The van der Waals surface area contributed by atoms with E-state index in [9.17, 15) is 14.9 Å². The van der Waals surface area contributed by atoms with Crippen molar-refractivity contribution in [3.05, 3.63) is 33.4 Å². The first kappa shape index (κ1) is 17.5. The van der Waals surface area contributed by atoms with E-state index in [0.29, 0.717) is 30.7 Å². The van der Waals surface area contributed by atoms with E-state index in [2.05, 4.69) is 5.32 Å². The summed E-state index contributed by atoms with van der Waals surface area (Å²) in [6.07, 6.45) is 3.14. The second kappa shape index (κ2) is 6.72. The molecule has 3 N–H and O–H groups in total. The van der Waals surface area contributed by atoms with Crippen molar-refractivity contribution in [2.24, 2.45) is 0 Å². The van der Waals surface area contributed by atoms with E-state index < -0.39 is 4.92 Å². The monoisotopic (exact) mass is 340 g/mol. The summed E-state index contributed by atoms with van der Waals surface area (Å²) >= 11 is 0. The van der Waals surface area contributed by atoms with E-state index in [1.54, 1.807) is 17.9 Å². The number of anilines is 1. The third-order valence-electron chi connectivity index (χ3n) is 4.54. The van der Waals surface area contributed by atoms with Crippen molar-refractivity contribution in [3.8, 4) is 0 Å². The maximum atomic E-state index is 12.8. The van der Waals surface area contributed by atoms with Crippen molar-refractivity contribution in [2.75, 3.05) is 18.8 Å². The number of fused-ring (bicyclic) bond motifs is 2. The fourth-order valence-corrected chi connectivity index (χ4v) is 3.40. The molecular weight excluding hydrogens is 320 g/mol. The van der Waals surface area contributed by atoms with Crippen LogP contribution in [0.15, 0.2) is 12.1 Å². The lowest BCUT2D eigenvalue weighted by Crippen LogP contribution is -2.39. The first-order valence-electron chi connectivity index (χ1n) is 7.55. The summed E-state index contributed by atoms with van der Waals surface area (Å²) in [5, 5.41) is 14.6. The van der Waals surface area contributed by atoms with E-state index in [1.165, 1.54) is 6.07 Å². The lowest BCUT2D eigenvalue weighted by atomic mass is 10.0. The Kier molecular flexibility index (Phi) is 5.11. The Balaban J connectivity index is 0.00000192. The van der Waals surface area contributed by atoms with Gasteiger partial charge < -0.3 is 16.0 Å². The van der Waals surface area contributed by atoms with Gasteiger partial charge in [0.1, 0.15) is 5.69 Å². The summed E-state index contributed by atoms with van der Waals surface area (Å²) in [6, 6.07) is 3.84. The highest BCUT2D eigenvalue weighted by Gasteiger charge is 2.32. The van der Waals surface area contributed by atoms with Crippen LogP contribution in [0.4, 0.5) is 11.4 Å². The number of aryl methyl sites for hydroxylation is 1. The minimum absolute atomic E-state index is 0. The van der Waals surface area contributed by atoms with E-state index in [1.807, 2.05) is 0 Å². The molecule has 0 aliphatic carbocycles. The van der Waals surface area contributed by atoms with E-state index in [-0.39, 0.29) is 35.3 Å². The Morgan fingerprint density at radius 1 is 1.35 bits per heavy atom. The third kappa shape index (κ3) is 3.40. The van der Waals surface area contributed by atoms with Gasteiger partial charge in [-0.15, -0.1) is 12.4 Å². The molecule has 8 heteroatoms. The van der Waals surface area contributed by atoms with Gasteiger partial charge in [-0.1, -0.05) is 0 Å². The van der Waals surface area contributed by atoms with Crippen LogP contribution in [-0.4, -0.2) is 40.9 Å². The van der Waals surface area contributed by atoms with E-state index >= 15 is 0 Å². The predicted octanol–water partition coefficient (Wildman–Crippen LogP) is 1.87. The molecule has 0 aromatic heterocycles. The highest BCUT2D eigenvalue weighted by Crippen LogP contribution is 2.29. The van der Waals surface area contributed by atoms with Crippen LogP contribution in [0.1, 0.15) is 35.2 Å². The van der Waals surface area contributed by atoms with Crippen LogP contribution in [0.25, 0.3) is 0 Å². The van der Waals surface area contributed by atoms with Crippen LogP contribution in [0.2, 0.25) is 0 Å². The van der Waals surface area contributed by atoms with Gasteiger partial charge in [0.15, 0.2) is 0 Å². The Morgan fingerprint density at radius 2 is 2.04 bits per heavy atom. The number of nitrogens with zero attached hydrogens (tertiary/aromatic N) is 2. The highest BCUT2D eigenvalue weighted by atomic mass is 35.5. The topological polar surface area (TPSA) is 102 Å². The standard InChI is InChI=1S/C15H20N4O3.ClH/c1-9-6-12(14(16)13(7-9)19(21)22)15(20)18-5-4-10-2-3-11(8-18)17-10;/h6-7,10-11,17H,2-5,8,16H2,1H3;1H. The molecule has 0 spiro atoms. The number of halogens is 1. The van der Waals surface area contributed by atoms with Gasteiger partial charge >= 0.3 is 0 Å². The van der Waals surface area contributed by atoms with Gasteiger partial charge in [-0.2, -0.15) is 0 Å². The van der Waals surface area contributed by atoms with Crippen molar-refractivity contribution >= 4 is 29.7 Å². The molecular formula is C15H21ClN4O3. The zero-order valence-electron chi connectivity index (χ0n) is 12.9. The van der Waals surface area contributed by atoms with Gasteiger partial charge in [0.25, 0.3) is 11.6 Å². The molecule has 2 aliphatic heterocycles. The molecule has 1 aromatic carbocycles. The Bertz CT molecular complexity index is 637. The quantitative estimate of drug-likeness (QED) is 0.486. The Hall–Kier alpha value is -1.86. The molecule has 0 radical (unpaired) electrons. The number of nitro benzene ring substituents is 1. The Labute approximate surface area is 140 Å². The van der Waals surface area contributed by atoms with Crippen LogP contribution < -0.4 is 11.1 Å². The lowest BCUT2D eigenvalue weighted by Gasteiger charge is -2.25. The number of hydrogen-bond donors (Lipinski definition) is 2. The molecule has 2 bridgehead atoms. The smallest absolute Gasteiger partial charge is 0.293 e. The van der Waals surface area contributed by atoms with E-state index in [4.69, 9.17) is 5.73 Å².